The molecule has 0 saturated carbocycles. The van der Waals surface area contributed by atoms with E-state index in [0.717, 1.165) is 4.47 Å². The molecule has 0 aliphatic carbocycles. The number of carboxylic acid groups (broad SMARTS) is 1. The number of rotatable bonds is 4. The highest BCUT2D eigenvalue weighted by molar-refractivity contribution is 9.10. The molecule has 1 N–H and O–H groups in total. The van der Waals surface area contributed by atoms with Crippen LogP contribution >= 0.6 is 15.9 Å². The molecule has 0 spiro atoms. The van der Waals surface area contributed by atoms with Crippen LogP contribution in [0.3, 0.4) is 0 Å². The Labute approximate surface area is 117 Å². The summed E-state index contributed by atoms with van der Waals surface area (Å²) >= 11 is 3.28. The van der Waals surface area contributed by atoms with E-state index in [1.54, 1.807) is 12.1 Å². The fourth-order valence-corrected chi connectivity index (χ4v) is 1.99. The van der Waals surface area contributed by atoms with E-state index in [9.17, 15) is 9.18 Å². The molecule has 0 aliphatic rings. The van der Waals surface area contributed by atoms with Crippen LogP contribution < -0.4 is 4.74 Å². The zero-order chi connectivity index (χ0) is 13.8. The maximum absolute atomic E-state index is 12.7. The molecule has 0 unspecified atom stereocenters. The smallest absolute Gasteiger partial charge is 0.336 e. The molecule has 2 aromatic rings. The van der Waals surface area contributed by atoms with Crippen molar-refractivity contribution in [3.63, 3.8) is 0 Å². The molecule has 0 fully saturated rings. The minimum absolute atomic E-state index is 0.104. The first-order chi connectivity index (χ1) is 9.06. The fraction of sp³-hybridized carbons (Fsp3) is 0.0714. The van der Waals surface area contributed by atoms with Gasteiger partial charge in [0.1, 0.15) is 18.2 Å². The molecule has 5 heteroatoms. The normalized spacial score (nSPS) is 10.2. The van der Waals surface area contributed by atoms with Gasteiger partial charge in [-0.2, -0.15) is 0 Å². The van der Waals surface area contributed by atoms with Crippen LogP contribution in [0.1, 0.15) is 15.9 Å². The van der Waals surface area contributed by atoms with Crippen LogP contribution in [0, 0.1) is 5.82 Å². The van der Waals surface area contributed by atoms with Gasteiger partial charge < -0.3 is 9.84 Å². The van der Waals surface area contributed by atoms with Crippen molar-refractivity contribution in [1.82, 2.24) is 0 Å². The predicted octanol–water partition coefficient (Wildman–Crippen LogP) is 3.87. The molecule has 0 saturated heterocycles. The molecular formula is C14H10BrFO3. The van der Waals surface area contributed by atoms with E-state index in [1.165, 1.54) is 30.3 Å². The molecule has 3 nitrogen and oxygen atoms in total. The third-order valence-corrected chi connectivity index (χ3v) is 3.00. The van der Waals surface area contributed by atoms with Crippen molar-refractivity contribution in [3.05, 3.63) is 63.9 Å². The zero-order valence-electron chi connectivity index (χ0n) is 9.77. The first-order valence-electron chi connectivity index (χ1n) is 5.46. The summed E-state index contributed by atoms with van der Waals surface area (Å²) in [5.41, 5.74) is 0.733. The highest BCUT2D eigenvalue weighted by Crippen LogP contribution is 2.19. The summed E-state index contributed by atoms with van der Waals surface area (Å²) in [4.78, 5) is 11.1. The lowest BCUT2D eigenvalue weighted by atomic mass is 10.1. The average molecular weight is 325 g/mol. The highest BCUT2D eigenvalue weighted by Gasteiger charge is 2.10. The van der Waals surface area contributed by atoms with E-state index in [2.05, 4.69) is 15.9 Å². The molecular weight excluding hydrogens is 315 g/mol. The van der Waals surface area contributed by atoms with E-state index in [1.807, 2.05) is 0 Å². The summed E-state index contributed by atoms with van der Waals surface area (Å²) in [6.07, 6.45) is 0. The van der Waals surface area contributed by atoms with Crippen molar-refractivity contribution in [2.75, 3.05) is 0 Å². The third-order valence-electron chi connectivity index (χ3n) is 2.51. The van der Waals surface area contributed by atoms with Crippen molar-refractivity contribution in [1.29, 1.82) is 0 Å². The molecule has 0 atom stereocenters. The number of carbonyl (C=O) groups is 1. The first kappa shape index (κ1) is 13.5. The molecule has 2 rings (SSSR count). The Morgan fingerprint density at radius 1 is 1.21 bits per heavy atom. The summed E-state index contributed by atoms with van der Waals surface area (Å²) < 4.78 is 18.9. The summed E-state index contributed by atoms with van der Waals surface area (Å²) in [6, 6.07) is 10.4. The second kappa shape index (κ2) is 5.84. The number of ether oxygens (including phenoxy) is 1. The number of aromatic carboxylic acids is 1. The molecule has 0 radical (unpaired) electrons. The summed E-state index contributed by atoms with van der Waals surface area (Å²) in [5.74, 6) is -0.871. The number of halogens is 2. The molecule has 98 valence electrons. The third kappa shape index (κ3) is 3.54. The van der Waals surface area contributed by atoms with E-state index in [4.69, 9.17) is 9.84 Å². The van der Waals surface area contributed by atoms with Gasteiger partial charge in [0.2, 0.25) is 0 Å². The van der Waals surface area contributed by atoms with E-state index >= 15 is 0 Å². The van der Waals surface area contributed by atoms with Gasteiger partial charge in [0.25, 0.3) is 0 Å². The van der Waals surface area contributed by atoms with Gasteiger partial charge in [-0.05, 0) is 42.5 Å². The Hall–Kier alpha value is -1.88. The van der Waals surface area contributed by atoms with Crippen LogP contribution in [0.4, 0.5) is 4.39 Å². The standard InChI is InChI=1S/C14H10BrFO3/c15-10-1-6-13(14(17)18)9(7-10)8-19-12-4-2-11(16)3-5-12/h1-7H,8H2,(H,17,18). The van der Waals surface area contributed by atoms with Crippen LogP contribution in [0.15, 0.2) is 46.9 Å². The van der Waals surface area contributed by atoms with Crippen LogP contribution in [0.5, 0.6) is 5.75 Å². The maximum atomic E-state index is 12.7. The van der Waals surface area contributed by atoms with Gasteiger partial charge in [0.15, 0.2) is 0 Å². The van der Waals surface area contributed by atoms with Gasteiger partial charge in [-0.3, -0.25) is 0 Å². The molecule has 0 amide bonds. The number of benzene rings is 2. The largest absolute Gasteiger partial charge is 0.489 e. The number of hydrogen-bond acceptors (Lipinski definition) is 2. The summed E-state index contributed by atoms with van der Waals surface area (Å²) in [5, 5.41) is 9.07. The Morgan fingerprint density at radius 3 is 2.53 bits per heavy atom. The molecule has 0 heterocycles. The Bertz CT molecular complexity index is 596. The zero-order valence-corrected chi connectivity index (χ0v) is 11.4. The van der Waals surface area contributed by atoms with Crippen LogP contribution in [-0.4, -0.2) is 11.1 Å². The number of carboxylic acids is 1. The van der Waals surface area contributed by atoms with Crippen molar-refractivity contribution in [2.45, 2.75) is 6.61 Å². The van der Waals surface area contributed by atoms with Gasteiger partial charge in [-0.15, -0.1) is 0 Å². The molecule has 0 aliphatic heterocycles. The molecule has 0 bridgehead atoms. The predicted molar refractivity (Wildman–Crippen MR) is 71.8 cm³/mol. The van der Waals surface area contributed by atoms with Crippen molar-refractivity contribution < 1.29 is 19.0 Å². The second-order valence-corrected chi connectivity index (χ2v) is 4.76. The van der Waals surface area contributed by atoms with Crippen LogP contribution in [-0.2, 0) is 6.61 Å². The summed E-state index contributed by atoms with van der Waals surface area (Å²) in [6.45, 7) is 0.104. The SMILES string of the molecule is O=C(O)c1ccc(Br)cc1COc1ccc(F)cc1. The lowest BCUT2D eigenvalue weighted by molar-refractivity contribution is 0.0694. The van der Waals surface area contributed by atoms with E-state index in [-0.39, 0.29) is 18.0 Å². The second-order valence-electron chi connectivity index (χ2n) is 3.85. The van der Waals surface area contributed by atoms with Gasteiger partial charge in [-0.25, -0.2) is 9.18 Å². The lowest BCUT2D eigenvalue weighted by Crippen LogP contribution is -2.05. The van der Waals surface area contributed by atoms with Crippen LogP contribution in [0.2, 0.25) is 0 Å². The van der Waals surface area contributed by atoms with Crippen LogP contribution in [0.25, 0.3) is 0 Å². The van der Waals surface area contributed by atoms with Crippen molar-refractivity contribution in [3.8, 4) is 5.75 Å². The minimum Gasteiger partial charge on any atom is -0.489 e. The first-order valence-corrected chi connectivity index (χ1v) is 6.25. The van der Waals surface area contributed by atoms with E-state index in [0.29, 0.717) is 11.3 Å². The number of hydrogen-bond donors (Lipinski definition) is 1. The fourth-order valence-electron chi connectivity index (χ4n) is 1.58. The molecule has 19 heavy (non-hydrogen) atoms. The van der Waals surface area contributed by atoms with Crippen molar-refractivity contribution >= 4 is 21.9 Å². The van der Waals surface area contributed by atoms with Gasteiger partial charge >= 0.3 is 5.97 Å². The Balaban J connectivity index is 2.16. The molecule has 0 aromatic heterocycles. The maximum Gasteiger partial charge on any atom is 0.336 e. The topological polar surface area (TPSA) is 46.5 Å². The minimum atomic E-state index is -1.01. The Kier molecular flexibility index (Phi) is 4.16. The highest BCUT2D eigenvalue weighted by atomic mass is 79.9. The lowest BCUT2D eigenvalue weighted by Gasteiger charge is -2.09. The van der Waals surface area contributed by atoms with Crippen molar-refractivity contribution in [2.24, 2.45) is 0 Å². The average Bonchev–Trinajstić information content (AvgIpc) is 2.38. The van der Waals surface area contributed by atoms with Gasteiger partial charge in [0, 0.05) is 10.0 Å². The Morgan fingerprint density at radius 2 is 1.89 bits per heavy atom. The quantitative estimate of drug-likeness (QED) is 0.928. The van der Waals surface area contributed by atoms with Gasteiger partial charge in [0.05, 0.1) is 5.56 Å². The molecule has 2 aromatic carbocycles. The van der Waals surface area contributed by atoms with Gasteiger partial charge in [-0.1, -0.05) is 15.9 Å². The summed E-state index contributed by atoms with van der Waals surface area (Å²) in [7, 11) is 0. The monoisotopic (exact) mass is 324 g/mol. The van der Waals surface area contributed by atoms with E-state index < -0.39 is 5.97 Å².